The molecule has 23 heavy (non-hydrogen) atoms. The van der Waals surface area contributed by atoms with Crippen molar-refractivity contribution in [2.75, 3.05) is 4.90 Å². The molecule has 0 aliphatic carbocycles. The quantitative estimate of drug-likeness (QED) is 0.864. The van der Waals surface area contributed by atoms with E-state index in [0.29, 0.717) is 18.3 Å². The zero-order chi connectivity index (χ0) is 17.1. The number of carbonyl (C=O) groups is 1. The maximum Gasteiger partial charge on any atom is 0.227 e. The van der Waals surface area contributed by atoms with E-state index in [4.69, 9.17) is 5.73 Å². The lowest BCUT2D eigenvalue weighted by Gasteiger charge is -2.24. The van der Waals surface area contributed by atoms with Gasteiger partial charge in [0.1, 0.15) is 0 Å². The van der Waals surface area contributed by atoms with E-state index in [1.807, 2.05) is 4.90 Å². The number of anilines is 1. The summed E-state index contributed by atoms with van der Waals surface area (Å²) in [6.45, 7) is 10.8. The molecule has 128 valence electrons. The molecule has 0 radical (unpaired) electrons. The third-order valence-electron chi connectivity index (χ3n) is 4.48. The Bertz CT molecular complexity index is 551. The van der Waals surface area contributed by atoms with Crippen LogP contribution < -0.4 is 10.6 Å². The molecule has 3 heteroatoms. The average molecular weight is 316 g/mol. The number of nitrogens with two attached hydrogens (primary N) is 1. The van der Waals surface area contributed by atoms with Crippen LogP contribution in [0.2, 0.25) is 0 Å². The van der Waals surface area contributed by atoms with Gasteiger partial charge in [0.2, 0.25) is 5.91 Å². The van der Waals surface area contributed by atoms with E-state index in [0.717, 1.165) is 24.9 Å². The SMILES string of the molecule is CC(C)CC(=O)N1c2ccc(CC(N)CC(C)C)cc2CC1C. The van der Waals surface area contributed by atoms with Crippen molar-refractivity contribution in [3.8, 4) is 0 Å². The second kappa shape index (κ2) is 7.48. The van der Waals surface area contributed by atoms with Gasteiger partial charge in [-0.05, 0) is 55.2 Å². The fourth-order valence-electron chi connectivity index (χ4n) is 3.63. The summed E-state index contributed by atoms with van der Waals surface area (Å²) in [6.07, 6.45) is 3.53. The average Bonchev–Trinajstić information content (AvgIpc) is 2.71. The van der Waals surface area contributed by atoms with E-state index in [9.17, 15) is 4.79 Å². The first-order chi connectivity index (χ1) is 10.8. The fraction of sp³-hybridized carbons (Fsp3) is 0.650. The van der Waals surface area contributed by atoms with Gasteiger partial charge in [-0.2, -0.15) is 0 Å². The van der Waals surface area contributed by atoms with Crippen LogP contribution in [0.4, 0.5) is 5.69 Å². The fourth-order valence-corrected chi connectivity index (χ4v) is 3.63. The van der Waals surface area contributed by atoms with Crippen molar-refractivity contribution in [1.82, 2.24) is 0 Å². The van der Waals surface area contributed by atoms with Gasteiger partial charge in [-0.1, -0.05) is 39.8 Å². The van der Waals surface area contributed by atoms with Crippen molar-refractivity contribution in [2.45, 2.75) is 72.4 Å². The highest BCUT2D eigenvalue weighted by molar-refractivity contribution is 5.96. The van der Waals surface area contributed by atoms with Crippen LogP contribution in [0.1, 0.15) is 58.6 Å². The van der Waals surface area contributed by atoms with Gasteiger partial charge >= 0.3 is 0 Å². The number of fused-ring (bicyclic) bond motifs is 1. The van der Waals surface area contributed by atoms with E-state index in [1.54, 1.807) is 0 Å². The molecule has 1 amide bonds. The van der Waals surface area contributed by atoms with Gasteiger partial charge in [0.25, 0.3) is 0 Å². The van der Waals surface area contributed by atoms with Crippen LogP contribution in [0.15, 0.2) is 18.2 Å². The molecule has 1 heterocycles. The minimum atomic E-state index is 0.213. The summed E-state index contributed by atoms with van der Waals surface area (Å²) in [7, 11) is 0. The number of rotatable bonds is 6. The Morgan fingerprint density at radius 3 is 2.57 bits per heavy atom. The Kier molecular flexibility index (Phi) is 5.85. The minimum Gasteiger partial charge on any atom is -0.327 e. The van der Waals surface area contributed by atoms with Crippen molar-refractivity contribution in [2.24, 2.45) is 17.6 Å². The second-order valence-corrected chi connectivity index (χ2v) is 7.97. The number of hydrogen-bond donors (Lipinski definition) is 1. The van der Waals surface area contributed by atoms with Crippen LogP contribution in [0.3, 0.4) is 0 Å². The third kappa shape index (κ3) is 4.57. The van der Waals surface area contributed by atoms with Gasteiger partial charge in [0, 0.05) is 24.2 Å². The van der Waals surface area contributed by atoms with E-state index in [2.05, 4.69) is 52.8 Å². The van der Waals surface area contributed by atoms with Crippen LogP contribution in [-0.2, 0) is 17.6 Å². The summed E-state index contributed by atoms with van der Waals surface area (Å²) in [4.78, 5) is 14.5. The molecule has 3 nitrogen and oxygen atoms in total. The van der Waals surface area contributed by atoms with Gasteiger partial charge in [0.05, 0.1) is 0 Å². The van der Waals surface area contributed by atoms with E-state index >= 15 is 0 Å². The van der Waals surface area contributed by atoms with Crippen LogP contribution in [0.5, 0.6) is 0 Å². The molecule has 0 bridgehead atoms. The highest BCUT2D eigenvalue weighted by Gasteiger charge is 2.31. The minimum absolute atomic E-state index is 0.213. The predicted octanol–water partition coefficient (Wildman–Crippen LogP) is 3.93. The third-order valence-corrected chi connectivity index (χ3v) is 4.48. The molecule has 2 atom stereocenters. The summed E-state index contributed by atoms with van der Waals surface area (Å²) in [5, 5.41) is 0. The molecule has 0 spiro atoms. The Morgan fingerprint density at radius 1 is 1.26 bits per heavy atom. The Balaban J connectivity index is 2.13. The summed E-state index contributed by atoms with van der Waals surface area (Å²) in [6, 6.07) is 7.00. The highest BCUT2D eigenvalue weighted by Crippen LogP contribution is 2.34. The number of hydrogen-bond acceptors (Lipinski definition) is 2. The molecule has 2 unspecified atom stereocenters. The second-order valence-electron chi connectivity index (χ2n) is 7.97. The number of nitrogens with zero attached hydrogens (tertiary/aromatic N) is 1. The van der Waals surface area contributed by atoms with Crippen molar-refractivity contribution in [3.05, 3.63) is 29.3 Å². The number of amides is 1. The van der Waals surface area contributed by atoms with Gasteiger partial charge in [-0.3, -0.25) is 4.79 Å². The van der Waals surface area contributed by atoms with Crippen molar-refractivity contribution >= 4 is 11.6 Å². The molecule has 0 saturated heterocycles. The van der Waals surface area contributed by atoms with Crippen molar-refractivity contribution in [3.63, 3.8) is 0 Å². The number of benzene rings is 1. The van der Waals surface area contributed by atoms with Crippen LogP contribution in [0.25, 0.3) is 0 Å². The van der Waals surface area contributed by atoms with Crippen LogP contribution >= 0.6 is 0 Å². The normalized spacial score (nSPS) is 18.6. The zero-order valence-corrected chi connectivity index (χ0v) is 15.3. The standard InChI is InChI=1S/C20H32N2O/c1-13(2)8-18(21)12-16-6-7-19-17(11-16)10-15(5)22(19)20(23)9-14(3)4/h6-7,11,13-15,18H,8-10,12,21H2,1-5H3. The summed E-state index contributed by atoms with van der Waals surface area (Å²) in [5.41, 5.74) is 9.94. The lowest BCUT2D eigenvalue weighted by molar-refractivity contribution is -0.119. The van der Waals surface area contributed by atoms with Gasteiger partial charge in [-0.25, -0.2) is 0 Å². The topological polar surface area (TPSA) is 46.3 Å². The molecular weight excluding hydrogens is 284 g/mol. The predicted molar refractivity (Wildman–Crippen MR) is 97.7 cm³/mol. The smallest absolute Gasteiger partial charge is 0.227 e. The molecule has 1 aromatic rings. The zero-order valence-electron chi connectivity index (χ0n) is 15.3. The Labute approximate surface area is 141 Å². The van der Waals surface area contributed by atoms with Crippen LogP contribution in [0, 0.1) is 11.8 Å². The van der Waals surface area contributed by atoms with Crippen molar-refractivity contribution in [1.29, 1.82) is 0 Å². The monoisotopic (exact) mass is 316 g/mol. The maximum atomic E-state index is 12.5. The van der Waals surface area contributed by atoms with Gasteiger partial charge < -0.3 is 10.6 Å². The summed E-state index contributed by atoms with van der Waals surface area (Å²) >= 11 is 0. The molecule has 1 aliphatic rings. The molecule has 0 saturated carbocycles. The molecular formula is C20H32N2O. The molecule has 2 rings (SSSR count). The van der Waals surface area contributed by atoms with E-state index < -0.39 is 0 Å². The first-order valence-corrected chi connectivity index (χ1v) is 8.97. The molecule has 2 N–H and O–H groups in total. The van der Waals surface area contributed by atoms with E-state index in [-0.39, 0.29) is 18.0 Å². The highest BCUT2D eigenvalue weighted by atomic mass is 16.2. The summed E-state index contributed by atoms with van der Waals surface area (Å²) < 4.78 is 0. The first kappa shape index (κ1) is 18.0. The summed E-state index contributed by atoms with van der Waals surface area (Å²) in [5.74, 6) is 1.27. The lowest BCUT2D eigenvalue weighted by Crippen LogP contribution is -2.36. The Morgan fingerprint density at radius 2 is 1.96 bits per heavy atom. The molecule has 1 aromatic carbocycles. The van der Waals surface area contributed by atoms with Crippen LogP contribution in [-0.4, -0.2) is 18.0 Å². The molecule has 0 aromatic heterocycles. The largest absolute Gasteiger partial charge is 0.327 e. The number of carbonyl (C=O) groups excluding carboxylic acids is 1. The van der Waals surface area contributed by atoms with Crippen molar-refractivity contribution < 1.29 is 4.79 Å². The molecule has 0 fully saturated rings. The first-order valence-electron chi connectivity index (χ1n) is 8.97. The van der Waals surface area contributed by atoms with Gasteiger partial charge in [-0.15, -0.1) is 0 Å². The van der Waals surface area contributed by atoms with Gasteiger partial charge in [0.15, 0.2) is 0 Å². The Hall–Kier alpha value is -1.35. The molecule has 1 aliphatic heterocycles. The maximum absolute atomic E-state index is 12.5. The van der Waals surface area contributed by atoms with E-state index in [1.165, 1.54) is 11.1 Å². The lowest BCUT2D eigenvalue weighted by atomic mass is 9.96.